The van der Waals surface area contributed by atoms with Crippen LogP contribution >= 0.6 is 18.5 Å². The summed E-state index contributed by atoms with van der Waals surface area (Å²) in [4.78, 5) is 2.48. The molecule has 3 rings (SSSR count). The third-order valence-corrected chi connectivity index (χ3v) is 5.79. The second-order valence-electron chi connectivity index (χ2n) is 8.27. The van der Waals surface area contributed by atoms with E-state index in [1.54, 1.807) is 0 Å². The first kappa shape index (κ1) is 19.5. The Morgan fingerprint density at radius 2 is 1.80 bits per heavy atom. The van der Waals surface area contributed by atoms with Gasteiger partial charge in [-0.15, -0.1) is 0 Å². The van der Waals surface area contributed by atoms with Crippen molar-refractivity contribution in [1.29, 1.82) is 0 Å². The smallest absolute Gasteiger partial charge is 0.164 e. The molecule has 0 N–H and O–H groups in total. The molecular formula is C19H30FNO2P2. The lowest BCUT2D eigenvalue weighted by molar-refractivity contribution is -0.0778. The van der Waals surface area contributed by atoms with Gasteiger partial charge in [0.1, 0.15) is 11.9 Å². The zero-order valence-electron chi connectivity index (χ0n) is 15.4. The first-order chi connectivity index (χ1) is 11.6. The first-order valence-electron chi connectivity index (χ1n) is 9.05. The summed E-state index contributed by atoms with van der Waals surface area (Å²) in [7, 11) is 4.54. The number of alkyl halides is 1. The fourth-order valence-electron chi connectivity index (χ4n) is 3.37. The zero-order chi connectivity index (χ0) is 18.2. The maximum absolute atomic E-state index is 14.7. The van der Waals surface area contributed by atoms with Crippen molar-refractivity contribution in [2.24, 2.45) is 0 Å². The molecule has 0 amide bonds. The largest absolute Gasteiger partial charge is 0.490 e. The van der Waals surface area contributed by atoms with Crippen LogP contribution in [-0.4, -0.2) is 43.3 Å². The molecule has 2 atom stereocenters. The monoisotopic (exact) mass is 385 g/mol. The minimum absolute atomic E-state index is 0.0238. The number of benzene rings is 1. The highest BCUT2D eigenvalue weighted by atomic mass is 31.1. The van der Waals surface area contributed by atoms with E-state index in [-0.39, 0.29) is 11.5 Å². The van der Waals surface area contributed by atoms with E-state index in [0.29, 0.717) is 17.4 Å². The van der Waals surface area contributed by atoms with Gasteiger partial charge in [-0.3, -0.25) is 4.90 Å². The van der Waals surface area contributed by atoms with Gasteiger partial charge in [0.25, 0.3) is 0 Å². The highest BCUT2D eigenvalue weighted by molar-refractivity contribution is 7.38. The number of nitrogens with zero attached hydrogens (tertiary/aromatic N) is 1. The summed E-state index contributed by atoms with van der Waals surface area (Å²) in [5.41, 5.74) is 1.68. The van der Waals surface area contributed by atoms with Gasteiger partial charge in [-0.05, 0) is 36.0 Å². The van der Waals surface area contributed by atoms with E-state index in [1.807, 2.05) is 12.1 Å². The number of hydrogen-bond donors (Lipinski definition) is 0. The molecule has 1 aromatic carbocycles. The van der Waals surface area contributed by atoms with Gasteiger partial charge in [0.2, 0.25) is 0 Å². The van der Waals surface area contributed by atoms with E-state index >= 15 is 0 Å². The van der Waals surface area contributed by atoms with E-state index in [9.17, 15) is 4.39 Å². The molecule has 0 radical (unpaired) electrons. The van der Waals surface area contributed by atoms with Crippen LogP contribution in [0.4, 0.5) is 4.39 Å². The summed E-state index contributed by atoms with van der Waals surface area (Å²) in [5.74, 6) is 0.658. The predicted octanol–water partition coefficient (Wildman–Crippen LogP) is 4.06. The van der Waals surface area contributed by atoms with Crippen LogP contribution in [0.3, 0.4) is 0 Å². The van der Waals surface area contributed by atoms with Crippen molar-refractivity contribution in [3.05, 3.63) is 29.3 Å². The molecule has 2 aliphatic heterocycles. The molecule has 0 aliphatic carbocycles. The maximum atomic E-state index is 14.7. The van der Waals surface area contributed by atoms with Crippen molar-refractivity contribution in [2.75, 3.05) is 26.3 Å². The molecule has 0 spiro atoms. The quantitative estimate of drug-likeness (QED) is 0.730. The highest BCUT2D eigenvalue weighted by Crippen LogP contribution is 2.46. The number of piperidine rings is 1. The highest BCUT2D eigenvalue weighted by Gasteiger charge is 2.32. The lowest BCUT2D eigenvalue weighted by atomic mass is 9.86. The molecule has 2 aliphatic rings. The Balaban J connectivity index is 1.71. The van der Waals surface area contributed by atoms with Crippen molar-refractivity contribution in [1.82, 2.24) is 4.90 Å². The normalized spacial score (nSPS) is 21.2. The van der Waals surface area contributed by atoms with Crippen molar-refractivity contribution < 1.29 is 13.9 Å². The average molecular weight is 385 g/mol. The number of hydrogen-bond acceptors (Lipinski definition) is 3. The lowest BCUT2D eigenvalue weighted by Gasteiger charge is -2.41. The molecule has 0 bridgehead atoms. The maximum Gasteiger partial charge on any atom is 0.164 e. The Kier molecular flexibility index (Phi) is 5.76. The molecule has 1 aromatic rings. The lowest BCUT2D eigenvalue weighted by Crippen LogP contribution is -2.52. The van der Waals surface area contributed by atoms with E-state index in [1.165, 1.54) is 0 Å². The molecule has 6 heteroatoms. The van der Waals surface area contributed by atoms with Crippen LogP contribution in [0, 0.1) is 0 Å². The van der Waals surface area contributed by atoms with Crippen LogP contribution in [0.25, 0.3) is 0 Å². The van der Waals surface area contributed by atoms with Gasteiger partial charge in [-0.25, -0.2) is 4.39 Å². The van der Waals surface area contributed by atoms with E-state index in [2.05, 4.69) is 50.2 Å². The van der Waals surface area contributed by atoms with Gasteiger partial charge < -0.3 is 9.47 Å². The topological polar surface area (TPSA) is 21.7 Å². The fourth-order valence-corrected chi connectivity index (χ4v) is 3.82. The van der Waals surface area contributed by atoms with Gasteiger partial charge in [0.05, 0.1) is 19.3 Å². The van der Waals surface area contributed by atoms with Gasteiger partial charge in [-0.1, -0.05) is 45.3 Å². The number of rotatable bonds is 4. The summed E-state index contributed by atoms with van der Waals surface area (Å²) in [6.07, 6.45) is 2.10. The van der Waals surface area contributed by atoms with Crippen LogP contribution < -0.4 is 4.74 Å². The molecule has 2 unspecified atom stereocenters. The number of halogens is 1. The van der Waals surface area contributed by atoms with Crippen molar-refractivity contribution in [3.63, 3.8) is 0 Å². The fraction of sp³-hybridized carbons (Fsp3) is 0.684. The average Bonchev–Trinajstić information content (AvgIpc) is 2.45. The Morgan fingerprint density at radius 3 is 2.28 bits per heavy atom. The number of ether oxygens (including phenoxy) is 2. The molecule has 3 nitrogen and oxygen atoms in total. The molecule has 25 heavy (non-hydrogen) atoms. The summed E-state index contributed by atoms with van der Waals surface area (Å²) < 4.78 is 26.3. The van der Waals surface area contributed by atoms with Crippen molar-refractivity contribution in [2.45, 2.75) is 56.3 Å². The Labute approximate surface area is 155 Å². The van der Waals surface area contributed by atoms with Gasteiger partial charge in [0, 0.05) is 18.7 Å². The molecule has 0 aromatic heterocycles. The molecule has 140 valence electrons. The van der Waals surface area contributed by atoms with Crippen LogP contribution in [-0.2, 0) is 15.3 Å². The first-order valence-corrected chi connectivity index (χ1v) is 10.2. The van der Waals surface area contributed by atoms with Gasteiger partial charge in [0.15, 0.2) is 5.15 Å². The summed E-state index contributed by atoms with van der Waals surface area (Å²) in [6, 6.07) is 6.52. The zero-order valence-corrected chi connectivity index (χ0v) is 17.7. The Hall–Kier alpha value is -0.270. The van der Waals surface area contributed by atoms with Crippen molar-refractivity contribution >= 4 is 18.5 Å². The van der Waals surface area contributed by atoms with Crippen LogP contribution in [0.15, 0.2) is 18.2 Å². The van der Waals surface area contributed by atoms with Crippen molar-refractivity contribution in [3.8, 4) is 5.75 Å². The van der Waals surface area contributed by atoms with E-state index in [0.717, 1.165) is 44.7 Å². The van der Waals surface area contributed by atoms with Gasteiger partial charge in [-0.2, -0.15) is 0 Å². The van der Waals surface area contributed by atoms with E-state index < -0.39 is 5.15 Å². The second kappa shape index (κ2) is 7.39. The minimum atomic E-state index is -1.58. The molecule has 2 heterocycles. The molecule has 2 fully saturated rings. The van der Waals surface area contributed by atoms with Crippen LogP contribution in [0.5, 0.6) is 5.75 Å². The standard InChI is InChI=1S/C19H30FNO2P2/c1-18(2,3)13-4-5-17(16(10-13)19(20,24)25)23-15-6-8-21(9-7-15)14-11-22-12-14/h4-5,10,14-15H,6-9,11-12,24-25H2,1-3H3. The van der Waals surface area contributed by atoms with Crippen LogP contribution in [0.2, 0.25) is 0 Å². The second-order valence-corrected chi connectivity index (χ2v) is 10.6. The Morgan fingerprint density at radius 1 is 1.16 bits per heavy atom. The summed E-state index contributed by atoms with van der Waals surface area (Å²) in [6.45, 7) is 10.2. The SMILES string of the molecule is CC(C)(C)c1ccc(OC2CCN(C3COC3)CC2)c(C(F)(P)P)c1. The Bertz CT molecular complexity index is 600. The third-order valence-electron chi connectivity index (χ3n) is 5.17. The molecule has 2 saturated heterocycles. The van der Waals surface area contributed by atoms with E-state index in [4.69, 9.17) is 9.47 Å². The molecule has 0 saturated carbocycles. The predicted molar refractivity (Wildman–Crippen MR) is 107 cm³/mol. The molecular weight excluding hydrogens is 355 g/mol. The number of likely N-dealkylation sites (tertiary alicyclic amines) is 1. The van der Waals surface area contributed by atoms with Crippen LogP contribution in [0.1, 0.15) is 44.7 Å². The summed E-state index contributed by atoms with van der Waals surface area (Å²) >= 11 is 0. The summed E-state index contributed by atoms with van der Waals surface area (Å²) in [5, 5.41) is -1.58. The van der Waals surface area contributed by atoms with Gasteiger partial charge >= 0.3 is 0 Å². The third kappa shape index (κ3) is 4.72. The minimum Gasteiger partial charge on any atom is -0.490 e.